The maximum Gasteiger partial charge on any atom is 0.271 e. The molecular formula is C22H21ClF2N6O2. The van der Waals surface area contributed by atoms with Crippen LogP contribution in [0.4, 0.5) is 14.7 Å². The average Bonchev–Trinajstić information content (AvgIpc) is 2.78. The fraction of sp³-hybridized carbons (Fsp3) is 0.182. The van der Waals surface area contributed by atoms with Gasteiger partial charge in [-0.3, -0.25) is 10.2 Å². The van der Waals surface area contributed by atoms with E-state index in [-0.39, 0.29) is 30.5 Å². The van der Waals surface area contributed by atoms with Gasteiger partial charge in [-0.15, -0.1) is 0 Å². The Labute approximate surface area is 193 Å². The van der Waals surface area contributed by atoms with E-state index in [0.29, 0.717) is 16.7 Å². The minimum atomic E-state index is -1.60. The Morgan fingerprint density at radius 3 is 2.24 bits per heavy atom. The number of nitrogens with one attached hydrogen (secondary N) is 1. The number of ether oxygens (including phenoxy) is 1. The maximum atomic E-state index is 15.0. The lowest BCUT2D eigenvalue weighted by Crippen LogP contribution is -2.30. The molecule has 1 aromatic heterocycles. The number of hydrogen-bond donors (Lipinski definition) is 3. The summed E-state index contributed by atoms with van der Waals surface area (Å²) in [7, 11) is 0. The Kier molecular flexibility index (Phi) is 7.52. The number of hydrogen-bond acceptors (Lipinski definition) is 6. The number of nitrogens with two attached hydrogens (primary N) is 2. The largest absolute Gasteiger partial charge is 0.384 e. The van der Waals surface area contributed by atoms with E-state index in [1.54, 1.807) is 31.2 Å². The van der Waals surface area contributed by atoms with Gasteiger partial charge in [0.1, 0.15) is 17.5 Å². The molecular weight excluding hydrogens is 454 g/mol. The molecule has 1 heterocycles. The van der Waals surface area contributed by atoms with Gasteiger partial charge in [0, 0.05) is 41.9 Å². The van der Waals surface area contributed by atoms with E-state index in [9.17, 15) is 13.6 Å². The van der Waals surface area contributed by atoms with Crippen molar-refractivity contribution >= 4 is 29.5 Å². The molecule has 2 aromatic carbocycles. The monoisotopic (exact) mass is 474 g/mol. The molecule has 172 valence electrons. The van der Waals surface area contributed by atoms with Crippen LogP contribution in [0.25, 0.3) is 11.1 Å². The molecule has 0 aliphatic heterocycles. The molecule has 33 heavy (non-hydrogen) atoms. The van der Waals surface area contributed by atoms with Crippen LogP contribution in [-0.4, -0.2) is 32.7 Å². The Balaban J connectivity index is 1.87. The average molecular weight is 475 g/mol. The van der Waals surface area contributed by atoms with Crippen molar-refractivity contribution in [1.29, 1.82) is 5.41 Å². The smallest absolute Gasteiger partial charge is 0.271 e. The predicted molar refractivity (Wildman–Crippen MR) is 120 cm³/mol. The highest BCUT2D eigenvalue weighted by Crippen LogP contribution is 2.31. The summed E-state index contributed by atoms with van der Waals surface area (Å²) in [4.78, 5) is 20.6. The fourth-order valence-corrected chi connectivity index (χ4v) is 3.32. The van der Waals surface area contributed by atoms with Crippen molar-refractivity contribution in [3.05, 3.63) is 77.1 Å². The van der Waals surface area contributed by atoms with Crippen LogP contribution in [-0.2, 0) is 16.1 Å². The number of amides is 1. The molecule has 0 radical (unpaired) electrons. The molecule has 3 aromatic rings. The summed E-state index contributed by atoms with van der Waals surface area (Å²) < 4.78 is 36.2. The van der Waals surface area contributed by atoms with Gasteiger partial charge in [0.2, 0.25) is 5.95 Å². The summed E-state index contributed by atoms with van der Waals surface area (Å²) in [5.41, 5.74) is 12.0. The number of carbonyl (C=O) groups is 1. The minimum Gasteiger partial charge on any atom is -0.384 e. The van der Waals surface area contributed by atoms with E-state index in [4.69, 9.17) is 33.4 Å². The van der Waals surface area contributed by atoms with Gasteiger partial charge in [0.15, 0.2) is 6.10 Å². The zero-order valence-electron chi connectivity index (χ0n) is 17.6. The van der Waals surface area contributed by atoms with Crippen LogP contribution in [0.2, 0.25) is 0 Å². The molecule has 3 rings (SSSR count). The number of nitrogen functional groups attached to an aromatic ring is 2. The number of rotatable bonds is 8. The summed E-state index contributed by atoms with van der Waals surface area (Å²) in [6, 6.07) is 8.61. The van der Waals surface area contributed by atoms with Gasteiger partial charge in [-0.2, -0.15) is 0 Å². The van der Waals surface area contributed by atoms with E-state index in [0.717, 1.165) is 16.6 Å². The Morgan fingerprint density at radius 1 is 1.15 bits per heavy atom. The number of benzene rings is 2. The van der Waals surface area contributed by atoms with Gasteiger partial charge in [-0.1, -0.05) is 24.3 Å². The van der Waals surface area contributed by atoms with Crippen molar-refractivity contribution < 1.29 is 18.3 Å². The van der Waals surface area contributed by atoms with Gasteiger partial charge < -0.3 is 16.2 Å². The molecule has 0 aliphatic rings. The molecule has 8 nitrogen and oxygen atoms in total. The lowest BCUT2D eigenvalue weighted by Gasteiger charge is -2.23. The van der Waals surface area contributed by atoms with Gasteiger partial charge in [-0.05, 0) is 30.2 Å². The van der Waals surface area contributed by atoms with Crippen molar-refractivity contribution in [3.8, 4) is 11.1 Å². The van der Waals surface area contributed by atoms with Crippen LogP contribution in [0, 0.1) is 17.0 Å². The van der Waals surface area contributed by atoms with Crippen LogP contribution >= 0.6 is 11.8 Å². The highest BCUT2D eigenvalue weighted by atomic mass is 35.5. The lowest BCUT2D eigenvalue weighted by atomic mass is 10.0. The fourth-order valence-electron chi connectivity index (χ4n) is 3.09. The Hall–Kier alpha value is -3.63. The second kappa shape index (κ2) is 10.3. The summed E-state index contributed by atoms with van der Waals surface area (Å²) in [5, 5.41) is 7.42. The number of aromatic nitrogens is 2. The van der Waals surface area contributed by atoms with Gasteiger partial charge in [0.25, 0.3) is 5.91 Å². The van der Waals surface area contributed by atoms with Crippen molar-refractivity contribution in [2.75, 3.05) is 12.3 Å². The first kappa shape index (κ1) is 24.0. The van der Waals surface area contributed by atoms with Crippen LogP contribution in [0.3, 0.4) is 0 Å². The zero-order chi connectivity index (χ0) is 24.1. The summed E-state index contributed by atoms with van der Waals surface area (Å²) in [6.45, 7) is 1.54. The second-order valence-corrected chi connectivity index (χ2v) is 7.40. The van der Waals surface area contributed by atoms with Crippen LogP contribution in [0.15, 0.2) is 48.8 Å². The number of carbonyl (C=O) groups excluding carboxylic acids is 1. The topological polar surface area (TPSA) is 131 Å². The molecule has 0 fully saturated rings. The van der Waals surface area contributed by atoms with E-state index < -0.39 is 29.2 Å². The van der Waals surface area contributed by atoms with Crippen molar-refractivity contribution in [3.63, 3.8) is 0 Å². The molecule has 5 N–H and O–H groups in total. The van der Waals surface area contributed by atoms with Gasteiger partial charge in [0.05, 0.1) is 12.1 Å². The third-order valence-electron chi connectivity index (χ3n) is 4.73. The molecule has 1 atom stereocenters. The molecule has 11 heteroatoms. The molecule has 1 unspecified atom stereocenters. The van der Waals surface area contributed by atoms with Crippen LogP contribution < -0.4 is 11.5 Å². The first-order valence-electron chi connectivity index (χ1n) is 9.80. The van der Waals surface area contributed by atoms with E-state index in [1.165, 1.54) is 12.4 Å². The highest BCUT2D eigenvalue weighted by Gasteiger charge is 2.31. The first-order valence-corrected chi connectivity index (χ1v) is 10.1. The van der Waals surface area contributed by atoms with E-state index in [2.05, 4.69) is 9.97 Å². The van der Waals surface area contributed by atoms with Crippen molar-refractivity contribution in [1.82, 2.24) is 14.4 Å². The Morgan fingerprint density at radius 2 is 1.73 bits per heavy atom. The standard InChI is InChI=1S/C22H21ClF2N6O2/c1-2-33-19(21(32)31(23)11-12-3-5-13(6-4-12)20(26)27)18-16(24)7-14(8-17(18)25)15-9-29-22(28)30-10-15/h3-10,19H,2,11H2,1H3,(H3,26,27)(H2,28,29,30). The van der Waals surface area contributed by atoms with Crippen LogP contribution in [0.1, 0.15) is 29.7 Å². The number of halogens is 3. The molecule has 0 saturated heterocycles. The first-order chi connectivity index (χ1) is 15.7. The van der Waals surface area contributed by atoms with Crippen molar-refractivity contribution in [2.24, 2.45) is 5.73 Å². The third kappa shape index (κ3) is 5.60. The number of anilines is 1. The number of nitrogens with zero attached hydrogens (tertiary/aromatic N) is 3. The van der Waals surface area contributed by atoms with Gasteiger partial charge in [-0.25, -0.2) is 23.2 Å². The number of amidine groups is 1. The quantitative estimate of drug-likeness (QED) is 0.260. The zero-order valence-corrected chi connectivity index (χ0v) is 18.3. The molecule has 1 amide bonds. The maximum absolute atomic E-state index is 15.0. The summed E-state index contributed by atoms with van der Waals surface area (Å²) >= 11 is 6.16. The van der Waals surface area contributed by atoms with Gasteiger partial charge >= 0.3 is 0 Å². The van der Waals surface area contributed by atoms with E-state index >= 15 is 0 Å². The van der Waals surface area contributed by atoms with E-state index in [1.807, 2.05) is 0 Å². The second-order valence-electron chi connectivity index (χ2n) is 6.99. The van der Waals surface area contributed by atoms with Crippen molar-refractivity contribution in [2.45, 2.75) is 19.6 Å². The third-order valence-corrected chi connectivity index (χ3v) is 5.02. The molecule has 0 bridgehead atoms. The summed E-state index contributed by atoms with van der Waals surface area (Å²) in [5.74, 6) is -2.88. The SMILES string of the molecule is CCOC(C(=O)N(Cl)Cc1ccc(C(=N)N)cc1)c1c(F)cc(-c2cnc(N)nc2)cc1F. The minimum absolute atomic E-state index is 0.0148. The summed E-state index contributed by atoms with van der Waals surface area (Å²) in [6.07, 6.45) is 1.07. The highest BCUT2D eigenvalue weighted by molar-refractivity contribution is 6.21. The normalized spacial score (nSPS) is 11.8. The van der Waals surface area contributed by atoms with Crippen LogP contribution in [0.5, 0.6) is 0 Å². The molecule has 0 aliphatic carbocycles. The lowest BCUT2D eigenvalue weighted by molar-refractivity contribution is -0.139. The molecule has 0 saturated carbocycles. The molecule has 0 spiro atoms. The predicted octanol–water partition coefficient (Wildman–Crippen LogP) is 3.55. The Bertz CT molecular complexity index is 1140.